The van der Waals surface area contributed by atoms with E-state index in [4.69, 9.17) is 31.2 Å². The molecule has 0 aliphatic rings. The van der Waals surface area contributed by atoms with Crippen molar-refractivity contribution in [2.45, 2.75) is 12.8 Å². The molecule has 0 aliphatic carbocycles. The van der Waals surface area contributed by atoms with Crippen LogP contribution in [0.5, 0.6) is 11.5 Å². The van der Waals surface area contributed by atoms with Crippen molar-refractivity contribution in [2.75, 3.05) is 13.2 Å². The summed E-state index contributed by atoms with van der Waals surface area (Å²) in [6, 6.07) is 20.7. The fourth-order valence-corrected chi connectivity index (χ4v) is 4.25. The number of ether oxygens (including phenoxy) is 2. The number of carbonyl (C=O) groups is 1. The number of para-hydroxylation sites is 1. The van der Waals surface area contributed by atoms with Crippen LogP contribution in [-0.4, -0.2) is 29.3 Å². The van der Waals surface area contributed by atoms with Gasteiger partial charge in [0.1, 0.15) is 16.5 Å². The first-order chi connectivity index (χ1) is 15.1. The van der Waals surface area contributed by atoms with Crippen LogP contribution in [0.4, 0.5) is 0 Å². The molecule has 3 aromatic carbocycles. The first kappa shape index (κ1) is 21.2. The first-order valence-electron chi connectivity index (χ1n) is 9.80. The molecule has 4 aromatic rings. The van der Waals surface area contributed by atoms with Crippen LogP contribution in [0.15, 0.2) is 66.7 Å². The maximum atomic E-state index is 10.7. The molecule has 0 atom stereocenters. The van der Waals surface area contributed by atoms with Gasteiger partial charge in [0.25, 0.3) is 0 Å². The van der Waals surface area contributed by atoms with Gasteiger partial charge in [-0.05, 0) is 48.0 Å². The highest BCUT2D eigenvalue weighted by molar-refractivity contribution is 7.21. The van der Waals surface area contributed by atoms with Crippen LogP contribution < -0.4 is 9.47 Å². The fraction of sp³-hybridized carbons (Fsp3) is 0.167. The summed E-state index contributed by atoms with van der Waals surface area (Å²) in [6.07, 6.45) is 0.699. The summed E-state index contributed by atoms with van der Waals surface area (Å²) < 4.78 is 12.8. The molecule has 1 aromatic heterocycles. The van der Waals surface area contributed by atoms with E-state index in [1.54, 1.807) is 35.6 Å². The second-order valence-corrected chi connectivity index (χ2v) is 8.36. The molecule has 0 fully saturated rings. The summed E-state index contributed by atoms with van der Waals surface area (Å²) in [5.41, 5.74) is 2.58. The molecule has 158 valence electrons. The number of aliphatic carboxylic acids is 1. The van der Waals surface area contributed by atoms with Gasteiger partial charge < -0.3 is 14.6 Å². The van der Waals surface area contributed by atoms with Gasteiger partial charge in [0.15, 0.2) is 0 Å². The molecular formula is C24H20ClNO4S. The predicted octanol–water partition coefficient (Wildman–Crippen LogP) is 6.09. The van der Waals surface area contributed by atoms with E-state index < -0.39 is 5.97 Å². The number of carboxylic acid groups (broad SMARTS) is 1. The highest BCUT2D eigenvalue weighted by Crippen LogP contribution is 2.37. The molecule has 0 radical (unpaired) electrons. The van der Waals surface area contributed by atoms with E-state index in [2.05, 4.69) is 0 Å². The first-order valence-corrected chi connectivity index (χ1v) is 11.0. The summed E-state index contributed by atoms with van der Waals surface area (Å²) in [6.45, 7) is 0.971. The highest BCUT2D eigenvalue weighted by Gasteiger charge is 2.12. The normalized spacial score (nSPS) is 10.9. The number of fused-ring (bicyclic) bond motifs is 1. The van der Waals surface area contributed by atoms with E-state index in [0.717, 1.165) is 32.1 Å². The van der Waals surface area contributed by atoms with Gasteiger partial charge in [0.2, 0.25) is 0 Å². The molecule has 0 amide bonds. The third-order valence-electron chi connectivity index (χ3n) is 4.56. The monoisotopic (exact) mass is 453 g/mol. The van der Waals surface area contributed by atoms with Gasteiger partial charge in [-0.2, -0.15) is 0 Å². The van der Waals surface area contributed by atoms with E-state index in [1.807, 2.05) is 42.5 Å². The average Bonchev–Trinajstić information content (AvgIpc) is 3.19. The molecule has 7 heteroatoms. The fourth-order valence-electron chi connectivity index (χ4n) is 3.09. The Morgan fingerprint density at radius 1 is 1.00 bits per heavy atom. The molecule has 0 spiro atoms. The molecule has 0 bridgehead atoms. The lowest BCUT2D eigenvalue weighted by atomic mass is 10.1. The Balaban J connectivity index is 1.34. The standard InChI is InChI=1S/C24H20ClNO4S/c25-17-8-11-21(19(15-17)24-26-20-4-1-2-5-22(20)31-24)30-13-3-12-29-18-9-6-16(7-10-18)14-23(27)28/h1-2,4-11,15H,3,12-14H2,(H,27,28). The zero-order valence-electron chi connectivity index (χ0n) is 16.6. The number of benzene rings is 3. The van der Waals surface area contributed by atoms with E-state index in [1.165, 1.54) is 0 Å². The summed E-state index contributed by atoms with van der Waals surface area (Å²) in [4.78, 5) is 15.4. The largest absolute Gasteiger partial charge is 0.493 e. The lowest BCUT2D eigenvalue weighted by Gasteiger charge is -2.11. The molecule has 31 heavy (non-hydrogen) atoms. The molecule has 0 saturated heterocycles. The van der Waals surface area contributed by atoms with Crippen LogP contribution in [0.3, 0.4) is 0 Å². The van der Waals surface area contributed by atoms with E-state index in [0.29, 0.717) is 30.4 Å². The molecule has 1 heterocycles. The van der Waals surface area contributed by atoms with Gasteiger partial charge in [-0.25, -0.2) is 4.98 Å². The number of thiazole rings is 1. The Labute approximate surface area is 188 Å². The van der Waals surface area contributed by atoms with Crippen LogP contribution in [0.2, 0.25) is 5.02 Å². The van der Waals surface area contributed by atoms with Crippen molar-refractivity contribution in [1.82, 2.24) is 4.98 Å². The Hall–Kier alpha value is -3.09. The molecule has 0 unspecified atom stereocenters. The molecule has 0 aliphatic heterocycles. The highest BCUT2D eigenvalue weighted by atomic mass is 35.5. The van der Waals surface area contributed by atoms with Gasteiger partial charge in [-0.1, -0.05) is 35.9 Å². The number of carboxylic acids is 1. The minimum atomic E-state index is -0.849. The van der Waals surface area contributed by atoms with Crippen molar-refractivity contribution in [3.63, 3.8) is 0 Å². The van der Waals surface area contributed by atoms with Crippen LogP contribution in [0.1, 0.15) is 12.0 Å². The Morgan fingerprint density at radius 2 is 1.77 bits per heavy atom. The number of halogens is 1. The van der Waals surface area contributed by atoms with Crippen molar-refractivity contribution in [3.05, 3.63) is 77.3 Å². The van der Waals surface area contributed by atoms with Gasteiger partial charge >= 0.3 is 5.97 Å². The van der Waals surface area contributed by atoms with Crippen molar-refractivity contribution in [1.29, 1.82) is 0 Å². The van der Waals surface area contributed by atoms with Crippen molar-refractivity contribution < 1.29 is 19.4 Å². The van der Waals surface area contributed by atoms with Crippen LogP contribution >= 0.6 is 22.9 Å². The van der Waals surface area contributed by atoms with E-state index >= 15 is 0 Å². The Morgan fingerprint density at radius 3 is 2.55 bits per heavy atom. The summed E-state index contributed by atoms with van der Waals surface area (Å²) in [5.74, 6) is 0.593. The third kappa shape index (κ3) is 5.54. The number of aromatic nitrogens is 1. The number of hydrogen-bond acceptors (Lipinski definition) is 5. The lowest BCUT2D eigenvalue weighted by Crippen LogP contribution is -2.06. The second kappa shape index (κ2) is 9.81. The van der Waals surface area contributed by atoms with Crippen molar-refractivity contribution >= 4 is 39.1 Å². The smallest absolute Gasteiger partial charge is 0.307 e. The zero-order valence-corrected chi connectivity index (χ0v) is 18.2. The van der Waals surface area contributed by atoms with Gasteiger partial charge in [-0.15, -0.1) is 11.3 Å². The summed E-state index contributed by atoms with van der Waals surface area (Å²) >= 11 is 7.83. The van der Waals surface area contributed by atoms with E-state index in [-0.39, 0.29) is 6.42 Å². The molecule has 1 N–H and O–H groups in total. The van der Waals surface area contributed by atoms with Gasteiger partial charge in [0, 0.05) is 11.4 Å². The average molecular weight is 454 g/mol. The predicted molar refractivity (Wildman–Crippen MR) is 123 cm³/mol. The van der Waals surface area contributed by atoms with Crippen molar-refractivity contribution in [3.8, 4) is 22.1 Å². The molecule has 0 saturated carbocycles. The van der Waals surface area contributed by atoms with E-state index in [9.17, 15) is 4.79 Å². The molecule has 4 rings (SSSR count). The van der Waals surface area contributed by atoms with Gasteiger partial charge in [0.05, 0.1) is 35.4 Å². The Bertz CT molecular complexity index is 1160. The minimum absolute atomic E-state index is 0.00615. The Kier molecular flexibility index (Phi) is 6.70. The lowest BCUT2D eigenvalue weighted by molar-refractivity contribution is -0.136. The van der Waals surface area contributed by atoms with Crippen LogP contribution in [-0.2, 0) is 11.2 Å². The zero-order chi connectivity index (χ0) is 21.6. The SMILES string of the molecule is O=C(O)Cc1ccc(OCCCOc2ccc(Cl)cc2-c2nc3ccccc3s2)cc1. The summed E-state index contributed by atoms with van der Waals surface area (Å²) in [7, 11) is 0. The number of rotatable bonds is 9. The minimum Gasteiger partial charge on any atom is -0.493 e. The number of nitrogens with zero attached hydrogens (tertiary/aromatic N) is 1. The number of hydrogen-bond donors (Lipinski definition) is 1. The topological polar surface area (TPSA) is 68.7 Å². The van der Waals surface area contributed by atoms with Crippen LogP contribution in [0.25, 0.3) is 20.8 Å². The maximum Gasteiger partial charge on any atom is 0.307 e. The van der Waals surface area contributed by atoms with Gasteiger partial charge in [-0.3, -0.25) is 4.79 Å². The summed E-state index contributed by atoms with van der Waals surface area (Å²) in [5, 5.41) is 10.3. The molecule has 5 nitrogen and oxygen atoms in total. The third-order valence-corrected chi connectivity index (χ3v) is 5.86. The maximum absolute atomic E-state index is 10.7. The van der Waals surface area contributed by atoms with Crippen molar-refractivity contribution in [2.24, 2.45) is 0 Å². The molecular weight excluding hydrogens is 434 g/mol. The quantitative estimate of drug-likeness (QED) is 0.310. The second-order valence-electron chi connectivity index (χ2n) is 6.89. The van der Waals surface area contributed by atoms with Crippen LogP contribution in [0, 0.1) is 0 Å².